The molecule has 2 aromatic carbocycles. The summed E-state index contributed by atoms with van der Waals surface area (Å²) in [7, 11) is 0. The molecular formula is C17H18N2O3. The lowest BCUT2D eigenvalue weighted by Gasteiger charge is -2.15. The molecule has 1 fully saturated rings. The zero-order valence-corrected chi connectivity index (χ0v) is 12.1. The highest BCUT2D eigenvalue weighted by Crippen LogP contribution is 2.20. The Bertz CT molecular complexity index is 714. The van der Waals surface area contributed by atoms with Crippen molar-refractivity contribution in [2.75, 3.05) is 6.54 Å². The third-order valence-corrected chi connectivity index (χ3v) is 3.94. The maximum atomic E-state index is 11.9. The first-order valence-corrected chi connectivity index (χ1v) is 7.37. The van der Waals surface area contributed by atoms with Gasteiger partial charge in [-0.1, -0.05) is 36.4 Å². The summed E-state index contributed by atoms with van der Waals surface area (Å²) in [5.74, 6) is -0.346. The summed E-state index contributed by atoms with van der Waals surface area (Å²) < 4.78 is 0. The molecule has 0 aromatic heterocycles. The van der Waals surface area contributed by atoms with E-state index in [1.54, 1.807) is 0 Å². The molecule has 0 bridgehead atoms. The number of benzene rings is 2. The fraction of sp³-hybridized carbons (Fsp3) is 0.294. The Morgan fingerprint density at radius 1 is 1.27 bits per heavy atom. The predicted octanol–water partition coefficient (Wildman–Crippen LogP) is 1.27. The van der Waals surface area contributed by atoms with Crippen molar-refractivity contribution in [3.8, 4) is 0 Å². The first kappa shape index (κ1) is 14.5. The Morgan fingerprint density at radius 2 is 2.05 bits per heavy atom. The summed E-state index contributed by atoms with van der Waals surface area (Å²) in [6.07, 6.45) is 0.118. The van der Waals surface area contributed by atoms with Gasteiger partial charge in [0.1, 0.15) is 6.04 Å². The second-order valence-electron chi connectivity index (χ2n) is 5.53. The number of carbonyl (C=O) groups excluding carboxylic acids is 2. The third kappa shape index (κ3) is 3.09. The van der Waals surface area contributed by atoms with E-state index in [9.17, 15) is 14.7 Å². The Labute approximate surface area is 128 Å². The molecule has 1 heterocycles. The van der Waals surface area contributed by atoms with Gasteiger partial charge in [-0.05, 0) is 28.8 Å². The summed E-state index contributed by atoms with van der Waals surface area (Å²) in [4.78, 5) is 23.0. The quantitative estimate of drug-likeness (QED) is 0.795. The number of aliphatic hydroxyl groups is 1. The predicted molar refractivity (Wildman–Crippen MR) is 83.1 cm³/mol. The maximum absolute atomic E-state index is 11.9. The zero-order valence-electron chi connectivity index (χ0n) is 12.1. The highest BCUT2D eigenvalue weighted by atomic mass is 16.3. The molecule has 1 saturated heterocycles. The van der Waals surface area contributed by atoms with Gasteiger partial charge < -0.3 is 15.7 Å². The highest BCUT2D eigenvalue weighted by molar-refractivity contribution is 5.90. The molecule has 0 aliphatic carbocycles. The van der Waals surface area contributed by atoms with Gasteiger partial charge in [0.05, 0.1) is 6.10 Å². The molecule has 1 aliphatic rings. The molecule has 2 amide bonds. The van der Waals surface area contributed by atoms with Crippen molar-refractivity contribution in [3.05, 3.63) is 48.0 Å². The molecule has 5 heteroatoms. The molecule has 0 spiro atoms. The average Bonchev–Trinajstić information content (AvgIpc) is 2.98. The van der Waals surface area contributed by atoms with E-state index in [4.69, 9.17) is 0 Å². The van der Waals surface area contributed by atoms with Crippen molar-refractivity contribution in [2.45, 2.75) is 25.0 Å². The molecule has 2 aromatic rings. The van der Waals surface area contributed by atoms with Crippen molar-refractivity contribution in [2.24, 2.45) is 0 Å². The largest absolute Gasteiger partial charge is 0.387 e. The van der Waals surface area contributed by atoms with Gasteiger partial charge in [-0.3, -0.25) is 9.59 Å². The van der Waals surface area contributed by atoms with Gasteiger partial charge in [-0.25, -0.2) is 0 Å². The lowest BCUT2D eigenvalue weighted by molar-refractivity contribution is -0.126. The number of aliphatic hydroxyl groups excluding tert-OH is 1. The van der Waals surface area contributed by atoms with Gasteiger partial charge in [0.2, 0.25) is 11.8 Å². The third-order valence-electron chi connectivity index (χ3n) is 3.94. The number of fused-ring (bicyclic) bond motifs is 1. The molecule has 5 nitrogen and oxygen atoms in total. The Kier molecular flexibility index (Phi) is 4.06. The molecular weight excluding hydrogens is 280 g/mol. The normalized spacial score (nSPS) is 19.0. The molecule has 3 N–H and O–H groups in total. The second kappa shape index (κ2) is 6.15. The first-order chi connectivity index (χ1) is 10.6. The molecule has 1 unspecified atom stereocenters. The van der Waals surface area contributed by atoms with Crippen molar-refractivity contribution >= 4 is 22.6 Å². The van der Waals surface area contributed by atoms with Crippen LogP contribution in [-0.2, 0) is 9.59 Å². The van der Waals surface area contributed by atoms with Crippen LogP contribution in [0.15, 0.2) is 42.5 Å². The highest BCUT2D eigenvalue weighted by Gasteiger charge is 2.27. The summed E-state index contributed by atoms with van der Waals surface area (Å²) in [6, 6.07) is 13.2. The standard InChI is InChI=1S/C17H18N2O3/c20-15(10-18-17(22)14-7-8-16(21)19-14)13-6-5-11-3-1-2-4-12(11)9-13/h1-6,9,14-15,20H,7-8,10H2,(H,18,22)(H,19,21)/t14-,15?/m1/s1. The molecule has 0 saturated carbocycles. The number of rotatable bonds is 4. The minimum atomic E-state index is -0.773. The second-order valence-corrected chi connectivity index (χ2v) is 5.53. The van der Waals surface area contributed by atoms with Crippen molar-refractivity contribution in [3.63, 3.8) is 0 Å². The number of amides is 2. The Balaban J connectivity index is 1.62. The lowest BCUT2D eigenvalue weighted by Crippen LogP contribution is -2.42. The van der Waals surface area contributed by atoms with Crippen LogP contribution in [0.5, 0.6) is 0 Å². The summed E-state index contributed by atoms with van der Waals surface area (Å²) in [5, 5.41) is 17.7. The van der Waals surface area contributed by atoms with Crippen LogP contribution < -0.4 is 10.6 Å². The Hall–Kier alpha value is -2.40. The van der Waals surface area contributed by atoms with Crippen LogP contribution in [-0.4, -0.2) is 29.5 Å². The van der Waals surface area contributed by atoms with E-state index in [0.29, 0.717) is 12.8 Å². The van der Waals surface area contributed by atoms with Crippen LogP contribution in [0.4, 0.5) is 0 Å². The van der Waals surface area contributed by atoms with Gasteiger partial charge in [-0.2, -0.15) is 0 Å². The zero-order chi connectivity index (χ0) is 15.5. The molecule has 114 valence electrons. The van der Waals surface area contributed by atoms with E-state index in [2.05, 4.69) is 10.6 Å². The van der Waals surface area contributed by atoms with E-state index in [1.807, 2.05) is 42.5 Å². The van der Waals surface area contributed by atoms with Gasteiger partial charge in [0.15, 0.2) is 0 Å². The maximum Gasteiger partial charge on any atom is 0.242 e. The minimum absolute atomic E-state index is 0.102. The van der Waals surface area contributed by atoms with E-state index >= 15 is 0 Å². The van der Waals surface area contributed by atoms with Crippen molar-refractivity contribution < 1.29 is 14.7 Å². The number of hydrogen-bond acceptors (Lipinski definition) is 3. The minimum Gasteiger partial charge on any atom is -0.387 e. The number of carbonyl (C=O) groups is 2. The monoisotopic (exact) mass is 298 g/mol. The molecule has 3 rings (SSSR count). The average molecular weight is 298 g/mol. The van der Waals surface area contributed by atoms with Crippen LogP contribution >= 0.6 is 0 Å². The number of nitrogens with one attached hydrogen (secondary N) is 2. The first-order valence-electron chi connectivity index (χ1n) is 7.37. The topological polar surface area (TPSA) is 78.4 Å². The summed E-state index contributed by atoms with van der Waals surface area (Å²) >= 11 is 0. The van der Waals surface area contributed by atoms with Crippen molar-refractivity contribution in [1.29, 1.82) is 0 Å². The molecule has 0 radical (unpaired) electrons. The molecule has 2 atom stereocenters. The van der Waals surface area contributed by atoms with E-state index in [-0.39, 0.29) is 18.4 Å². The van der Waals surface area contributed by atoms with Crippen LogP contribution in [0, 0.1) is 0 Å². The van der Waals surface area contributed by atoms with Gasteiger partial charge in [-0.15, -0.1) is 0 Å². The molecule has 1 aliphatic heterocycles. The van der Waals surface area contributed by atoms with E-state index in [0.717, 1.165) is 16.3 Å². The number of hydrogen-bond donors (Lipinski definition) is 3. The van der Waals surface area contributed by atoms with Crippen molar-refractivity contribution in [1.82, 2.24) is 10.6 Å². The Morgan fingerprint density at radius 3 is 2.77 bits per heavy atom. The van der Waals surface area contributed by atoms with Gasteiger partial charge in [0.25, 0.3) is 0 Å². The summed E-state index contributed by atoms with van der Waals surface area (Å²) in [5.41, 5.74) is 0.759. The molecule has 22 heavy (non-hydrogen) atoms. The van der Waals surface area contributed by atoms with E-state index in [1.165, 1.54) is 0 Å². The lowest BCUT2D eigenvalue weighted by atomic mass is 10.0. The SMILES string of the molecule is O=C1CC[C@H](C(=O)NCC(O)c2ccc3ccccc3c2)N1. The van der Waals surface area contributed by atoms with Crippen LogP contribution in [0.25, 0.3) is 10.8 Å². The smallest absolute Gasteiger partial charge is 0.242 e. The summed E-state index contributed by atoms with van der Waals surface area (Å²) in [6.45, 7) is 0.129. The van der Waals surface area contributed by atoms with Gasteiger partial charge in [0, 0.05) is 13.0 Å². The van der Waals surface area contributed by atoms with E-state index < -0.39 is 12.1 Å². The van der Waals surface area contributed by atoms with Crippen LogP contribution in [0.1, 0.15) is 24.5 Å². The fourth-order valence-corrected chi connectivity index (χ4v) is 2.66. The van der Waals surface area contributed by atoms with Crippen LogP contribution in [0.2, 0.25) is 0 Å². The van der Waals surface area contributed by atoms with Crippen LogP contribution in [0.3, 0.4) is 0 Å². The fourth-order valence-electron chi connectivity index (χ4n) is 2.66. The van der Waals surface area contributed by atoms with Gasteiger partial charge >= 0.3 is 0 Å².